The highest BCUT2D eigenvalue weighted by Gasteiger charge is 2.30. The molecule has 4 rings (SSSR count). The maximum absolute atomic E-state index is 12.5. The van der Waals surface area contributed by atoms with Gasteiger partial charge in [0, 0.05) is 65.7 Å². The van der Waals surface area contributed by atoms with E-state index >= 15 is 0 Å². The van der Waals surface area contributed by atoms with E-state index in [1.54, 1.807) is 7.05 Å². The van der Waals surface area contributed by atoms with Crippen molar-refractivity contribution in [2.75, 3.05) is 57.8 Å². The first kappa shape index (κ1) is 19.9. The average molecular weight is 401 g/mol. The summed E-state index contributed by atoms with van der Waals surface area (Å²) < 4.78 is 5.54. The van der Waals surface area contributed by atoms with E-state index in [1.807, 2.05) is 11.1 Å². The molecule has 158 valence electrons. The molecule has 0 aliphatic carbocycles. The number of carbonyl (C=O) groups excluding carboxylic acids is 1. The summed E-state index contributed by atoms with van der Waals surface area (Å²) in [7, 11) is 1.81. The Labute approximate surface area is 172 Å². The van der Waals surface area contributed by atoms with Crippen LogP contribution in [0.15, 0.2) is 23.3 Å². The van der Waals surface area contributed by atoms with Crippen molar-refractivity contribution < 1.29 is 9.53 Å². The molecule has 0 saturated carbocycles. The Hall–Kier alpha value is -2.35. The fourth-order valence-corrected chi connectivity index (χ4v) is 4.28. The molecule has 1 atom stereocenters. The quantitative estimate of drug-likeness (QED) is 0.602. The van der Waals surface area contributed by atoms with E-state index in [-0.39, 0.29) is 12.0 Å². The first-order chi connectivity index (χ1) is 14.2. The van der Waals surface area contributed by atoms with Gasteiger partial charge in [-0.15, -0.1) is 0 Å². The number of rotatable bonds is 4. The number of aliphatic imine (C=N–C) groups is 1. The molecule has 1 aromatic rings. The summed E-state index contributed by atoms with van der Waals surface area (Å²) in [4.78, 5) is 28.0. The van der Waals surface area contributed by atoms with Crippen LogP contribution in [0.25, 0.3) is 0 Å². The van der Waals surface area contributed by atoms with Crippen LogP contribution in [-0.2, 0) is 16.1 Å². The van der Waals surface area contributed by atoms with Gasteiger partial charge < -0.3 is 24.8 Å². The van der Waals surface area contributed by atoms with Gasteiger partial charge in [-0.3, -0.25) is 9.79 Å². The number of nitrogens with one attached hydrogen (secondary N) is 1. The van der Waals surface area contributed by atoms with Crippen LogP contribution in [0, 0.1) is 0 Å². The summed E-state index contributed by atoms with van der Waals surface area (Å²) in [5.41, 5.74) is 1.14. The maximum Gasteiger partial charge on any atom is 0.251 e. The molecule has 1 N–H and O–H groups in total. The van der Waals surface area contributed by atoms with Crippen molar-refractivity contribution in [2.45, 2.75) is 38.3 Å². The molecule has 1 amide bonds. The molecule has 4 heterocycles. The second kappa shape index (κ2) is 9.43. The number of piperazine rings is 1. The van der Waals surface area contributed by atoms with Gasteiger partial charge in [0.25, 0.3) is 5.91 Å². The van der Waals surface area contributed by atoms with E-state index < -0.39 is 0 Å². The Morgan fingerprint density at radius 1 is 1.14 bits per heavy atom. The number of anilines is 1. The Morgan fingerprint density at radius 2 is 1.90 bits per heavy atom. The third-order valence-electron chi connectivity index (χ3n) is 6.00. The predicted molar refractivity (Wildman–Crippen MR) is 113 cm³/mol. The topological polar surface area (TPSA) is 73.3 Å². The van der Waals surface area contributed by atoms with Crippen molar-refractivity contribution in [3.8, 4) is 0 Å². The number of guanidine groups is 1. The fourth-order valence-electron chi connectivity index (χ4n) is 4.28. The Bertz CT molecular complexity index is 702. The maximum atomic E-state index is 12.5. The van der Waals surface area contributed by atoms with E-state index in [1.165, 1.54) is 12.8 Å². The van der Waals surface area contributed by atoms with Gasteiger partial charge in [-0.2, -0.15) is 0 Å². The summed E-state index contributed by atoms with van der Waals surface area (Å²) in [6.45, 7) is 6.61. The molecular formula is C21H32N6O2. The van der Waals surface area contributed by atoms with E-state index in [2.05, 4.69) is 37.2 Å². The highest BCUT2D eigenvalue weighted by Crippen LogP contribution is 2.18. The van der Waals surface area contributed by atoms with Crippen LogP contribution in [0.5, 0.6) is 0 Å². The molecule has 0 radical (unpaired) electrons. The molecule has 8 nitrogen and oxygen atoms in total. The largest absolute Gasteiger partial charge is 0.368 e. The van der Waals surface area contributed by atoms with Crippen LogP contribution in [0.3, 0.4) is 0 Å². The number of pyridine rings is 1. The van der Waals surface area contributed by atoms with Gasteiger partial charge in [0.1, 0.15) is 11.9 Å². The van der Waals surface area contributed by atoms with Crippen molar-refractivity contribution in [1.82, 2.24) is 20.1 Å². The molecule has 3 aliphatic heterocycles. The number of carbonyl (C=O) groups is 1. The molecule has 3 fully saturated rings. The molecule has 1 unspecified atom stereocenters. The van der Waals surface area contributed by atoms with Crippen LogP contribution in [0.4, 0.5) is 5.82 Å². The minimum Gasteiger partial charge on any atom is -0.368 e. The summed E-state index contributed by atoms with van der Waals surface area (Å²) in [6.07, 6.45) is 6.08. The van der Waals surface area contributed by atoms with Crippen molar-refractivity contribution in [1.29, 1.82) is 0 Å². The SMILES string of the molecule is CN=C(NCc1ccc(N2CCCC2)nc1)N1CCN(C(=O)C2CCCO2)CC1. The zero-order valence-electron chi connectivity index (χ0n) is 17.3. The molecule has 0 bridgehead atoms. The smallest absolute Gasteiger partial charge is 0.251 e. The molecule has 29 heavy (non-hydrogen) atoms. The lowest BCUT2D eigenvalue weighted by Gasteiger charge is -2.37. The number of ether oxygens (including phenoxy) is 1. The standard InChI is InChI=1S/C21H32N6O2/c1-22-21(24-16-17-6-7-19(23-15-17)25-8-2-3-9-25)27-12-10-26(11-13-27)20(28)18-5-4-14-29-18/h6-7,15,18H,2-5,8-14,16H2,1H3,(H,22,24). The molecule has 0 aromatic carbocycles. The lowest BCUT2D eigenvalue weighted by Crippen LogP contribution is -2.55. The molecule has 0 spiro atoms. The second-order valence-electron chi connectivity index (χ2n) is 7.93. The Morgan fingerprint density at radius 3 is 2.52 bits per heavy atom. The lowest BCUT2D eigenvalue weighted by molar-refractivity contribution is -0.142. The number of nitrogens with zero attached hydrogens (tertiary/aromatic N) is 5. The third kappa shape index (κ3) is 4.80. The van der Waals surface area contributed by atoms with Crippen LogP contribution in [-0.4, -0.2) is 85.7 Å². The van der Waals surface area contributed by atoms with Crippen molar-refractivity contribution in [3.05, 3.63) is 23.9 Å². The Kier molecular flexibility index (Phi) is 6.49. The Balaban J connectivity index is 1.25. The van der Waals surface area contributed by atoms with Crippen LogP contribution < -0.4 is 10.2 Å². The second-order valence-corrected chi connectivity index (χ2v) is 7.93. The van der Waals surface area contributed by atoms with Crippen molar-refractivity contribution >= 4 is 17.7 Å². The van der Waals surface area contributed by atoms with E-state index in [4.69, 9.17) is 4.74 Å². The number of hydrogen-bond acceptors (Lipinski definition) is 5. The first-order valence-electron chi connectivity index (χ1n) is 10.8. The van der Waals surface area contributed by atoms with Crippen LogP contribution in [0.2, 0.25) is 0 Å². The van der Waals surface area contributed by atoms with Gasteiger partial charge in [0.05, 0.1) is 0 Å². The molecular weight excluding hydrogens is 368 g/mol. The lowest BCUT2D eigenvalue weighted by atomic mass is 10.2. The summed E-state index contributed by atoms with van der Waals surface area (Å²) in [5.74, 6) is 2.09. The minimum atomic E-state index is -0.227. The third-order valence-corrected chi connectivity index (χ3v) is 6.00. The van der Waals surface area contributed by atoms with Crippen molar-refractivity contribution in [3.63, 3.8) is 0 Å². The number of aromatic nitrogens is 1. The highest BCUT2D eigenvalue weighted by atomic mass is 16.5. The van der Waals surface area contributed by atoms with E-state index in [0.717, 1.165) is 56.4 Å². The molecule has 3 aliphatic rings. The molecule has 1 aromatic heterocycles. The minimum absolute atomic E-state index is 0.147. The predicted octanol–water partition coefficient (Wildman–Crippen LogP) is 1.08. The molecule has 8 heteroatoms. The van der Waals surface area contributed by atoms with Gasteiger partial charge in [0.15, 0.2) is 5.96 Å². The van der Waals surface area contributed by atoms with Gasteiger partial charge in [-0.25, -0.2) is 4.98 Å². The fraction of sp³-hybridized carbons (Fsp3) is 0.667. The highest BCUT2D eigenvalue weighted by molar-refractivity contribution is 5.82. The van der Waals surface area contributed by atoms with Gasteiger partial charge >= 0.3 is 0 Å². The van der Waals surface area contributed by atoms with Gasteiger partial charge in [0.2, 0.25) is 0 Å². The van der Waals surface area contributed by atoms with Crippen LogP contribution >= 0.6 is 0 Å². The first-order valence-corrected chi connectivity index (χ1v) is 10.8. The zero-order valence-corrected chi connectivity index (χ0v) is 17.3. The van der Waals surface area contributed by atoms with E-state index in [9.17, 15) is 4.79 Å². The van der Waals surface area contributed by atoms with E-state index in [0.29, 0.717) is 26.2 Å². The summed E-state index contributed by atoms with van der Waals surface area (Å²) in [6, 6.07) is 4.25. The van der Waals surface area contributed by atoms with Crippen LogP contribution in [0.1, 0.15) is 31.2 Å². The number of amides is 1. The number of hydrogen-bond donors (Lipinski definition) is 1. The molecule has 3 saturated heterocycles. The van der Waals surface area contributed by atoms with Gasteiger partial charge in [-0.05, 0) is 37.3 Å². The van der Waals surface area contributed by atoms with Crippen molar-refractivity contribution in [2.24, 2.45) is 4.99 Å². The monoisotopic (exact) mass is 400 g/mol. The average Bonchev–Trinajstić information content (AvgIpc) is 3.49. The van der Waals surface area contributed by atoms with Gasteiger partial charge in [-0.1, -0.05) is 6.07 Å². The zero-order chi connectivity index (χ0) is 20.1. The summed E-state index contributed by atoms with van der Waals surface area (Å²) >= 11 is 0. The normalized spacial score (nSPS) is 23.0. The summed E-state index contributed by atoms with van der Waals surface area (Å²) in [5, 5.41) is 3.44.